The van der Waals surface area contributed by atoms with Gasteiger partial charge in [-0.15, -0.1) is 0 Å². The van der Waals surface area contributed by atoms with Crippen LogP contribution >= 0.6 is 0 Å². The predicted octanol–water partition coefficient (Wildman–Crippen LogP) is 9.77. The van der Waals surface area contributed by atoms with Gasteiger partial charge in [-0.1, -0.05) is 91.0 Å². The SMILES string of the molecule is COC(=O)c1ccc2cc(-c3nc(-c4ccc(-c5nc(-c6ccc7cc(C(C)=O)ccc7c6)nc(-c6ccccc6O)n5)cc4)nc(-c4ccccc4O)n3)ccc2c1. The van der Waals surface area contributed by atoms with Crippen molar-refractivity contribution < 1.29 is 24.5 Å². The Kier molecular flexibility index (Phi) is 9.30. The summed E-state index contributed by atoms with van der Waals surface area (Å²) in [5.41, 5.74) is 4.77. The summed E-state index contributed by atoms with van der Waals surface area (Å²) in [6.45, 7) is 1.54. The highest BCUT2D eigenvalue weighted by Crippen LogP contribution is 2.34. The molecule has 11 nitrogen and oxygen atoms in total. The van der Waals surface area contributed by atoms with Crippen LogP contribution < -0.4 is 0 Å². The smallest absolute Gasteiger partial charge is 0.337 e. The van der Waals surface area contributed by atoms with E-state index in [0.717, 1.165) is 27.1 Å². The number of phenolic OH excluding ortho intramolecular Hbond substituents is 2. The minimum atomic E-state index is -0.418. The minimum Gasteiger partial charge on any atom is -0.507 e. The fourth-order valence-electron chi connectivity index (χ4n) is 6.84. The third-order valence-electron chi connectivity index (χ3n) is 9.99. The fourth-order valence-corrected chi connectivity index (χ4v) is 6.84. The molecule has 0 aliphatic rings. The molecule has 2 heterocycles. The Hall–Kier alpha value is -8.18. The van der Waals surface area contributed by atoms with E-state index in [1.165, 1.54) is 7.11 Å². The van der Waals surface area contributed by atoms with E-state index in [0.29, 0.717) is 68.1 Å². The van der Waals surface area contributed by atoms with Gasteiger partial charge in [0.05, 0.1) is 23.8 Å². The lowest BCUT2D eigenvalue weighted by Crippen LogP contribution is -2.02. The lowest BCUT2D eigenvalue weighted by atomic mass is 10.0. The number of para-hydroxylation sites is 2. The van der Waals surface area contributed by atoms with E-state index in [2.05, 4.69) is 0 Å². The summed E-state index contributed by atoms with van der Waals surface area (Å²) in [5, 5.41) is 25.2. The summed E-state index contributed by atoms with van der Waals surface area (Å²) in [4.78, 5) is 53.1. The summed E-state index contributed by atoms with van der Waals surface area (Å²) in [6.07, 6.45) is 0. The molecule has 0 aliphatic heterocycles. The topological polar surface area (TPSA) is 161 Å². The van der Waals surface area contributed by atoms with Crippen LogP contribution in [0, 0.1) is 0 Å². The van der Waals surface area contributed by atoms with Gasteiger partial charge in [-0.25, -0.2) is 34.7 Å². The van der Waals surface area contributed by atoms with Crippen molar-refractivity contribution in [3.63, 3.8) is 0 Å². The first-order chi connectivity index (χ1) is 28.7. The van der Waals surface area contributed by atoms with Crippen molar-refractivity contribution in [1.29, 1.82) is 0 Å². The van der Waals surface area contributed by atoms with Gasteiger partial charge >= 0.3 is 5.97 Å². The number of methoxy groups -OCH3 is 1. The van der Waals surface area contributed by atoms with Gasteiger partial charge in [0.25, 0.3) is 0 Å². The molecule has 9 rings (SSSR count). The molecule has 59 heavy (non-hydrogen) atoms. The Bertz CT molecular complexity index is 3130. The molecule has 9 aromatic rings. The summed E-state index contributed by atoms with van der Waals surface area (Å²) in [7, 11) is 1.35. The number of hydrogen-bond acceptors (Lipinski definition) is 11. The van der Waals surface area contributed by atoms with Crippen LogP contribution in [0.3, 0.4) is 0 Å². The average Bonchev–Trinajstić information content (AvgIpc) is 3.28. The number of hydrogen-bond donors (Lipinski definition) is 2. The summed E-state index contributed by atoms with van der Waals surface area (Å²) in [6, 6.07) is 43.6. The zero-order chi connectivity index (χ0) is 40.6. The largest absolute Gasteiger partial charge is 0.507 e. The molecule has 0 saturated carbocycles. The van der Waals surface area contributed by atoms with Crippen molar-refractivity contribution in [3.8, 4) is 79.8 Å². The summed E-state index contributed by atoms with van der Waals surface area (Å²) >= 11 is 0. The van der Waals surface area contributed by atoms with Crippen molar-refractivity contribution in [3.05, 3.63) is 157 Å². The number of nitrogens with zero attached hydrogens (tertiary/aromatic N) is 6. The van der Waals surface area contributed by atoms with Gasteiger partial charge in [0.2, 0.25) is 0 Å². The molecule has 7 aromatic carbocycles. The van der Waals surface area contributed by atoms with Crippen LogP contribution in [0.5, 0.6) is 11.5 Å². The normalized spacial score (nSPS) is 11.2. The number of phenols is 2. The second-order valence-electron chi connectivity index (χ2n) is 13.8. The maximum atomic E-state index is 12.1. The second-order valence-corrected chi connectivity index (χ2v) is 13.8. The van der Waals surface area contributed by atoms with Gasteiger partial charge in [0, 0.05) is 27.8 Å². The number of ether oxygens (including phenoxy) is 1. The van der Waals surface area contributed by atoms with E-state index in [4.69, 9.17) is 34.6 Å². The first-order valence-electron chi connectivity index (χ1n) is 18.6. The highest BCUT2D eigenvalue weighted by molar-refractivity contribution is 5.99. The molecule has 2 N–H and O–H groups in total. The van der Waals surface area contributed by atoms with E-state index in [-0.39, 0.29) is 23.1 Å². The minimum absolute atomic E-state index is 0.00836. The van der Waals surface area contributed by atoms with Crippen LogP contribution in [-0.2, 0) is 4.74 Å². The number of rotatable bonds is 8. The van der Waals surface area contributed by atoms with E-state index in [9.17, 15) is 19.8 Å². The lowest BCUT2D eigenvalue weighted by molar-refractivity contribution is 0.0600. The second kappa shape index (κ2) is 15.1. The molecule has 2 aromatic heterocycles. The van der Waals surface area contributed by atoms with Crippen molar-refractivity contribution in [2.45, 2.75) is 6.92 Å². The zero-order valence-corrected chi connectivity index (χ0v) is 31.7. The Morgan fingerprint density at radius 1 is 0.424 bits per heavy atom. The monoisotopic (exact) mass is 772 g/mol. The molecule has 0 spiro atoms. The van der Waals surface area contributed by atoms with Crippen molar-refractivity contribution in [1.82, 2.24) is 29.9 Å². The first-order valence-corrected chi connectivity index (χ1v) is 18.6. The Morgan fingerprint density at radius 3 is 1.22 bits per heavy atom. The van der Waals surface area contributed by atoms with Crippen LogP contribution in [0.4, 0.5) is 0 Å². The Morgan fingerprint density at radius 2 is 0.780 bits per heavy atom. The van der Waals surface area contributed by atoms with E-state index in [1.807, 2.05) is 78.9 Å². The molecular formula is C48H32N6O5. The number of carbonyl (C=O) groups excluding carboxylic acids is 2. The van der Waals surface area contributed by atoms with Gasteiger partial charge in [-0.05, 0) is 83.1 Å². The Balaban J connectivity index is 1.13. The highest BCUT2D eigenvalue weighted by Gasteiger charge is 2.18. The number of ketones is 1. The van der Waals surface area contributed by atoms with Gasteiger partial charge in [0.1, 0.15) is 11.5 Å². The highest BCUT2D eigenvalue weighted by atomic mass is 16.5. The third-order valence-corrected chi connectivity index (χ3v) is 9.99. The lowest BCUT2D eigenvalue weighted by Gasteiger charge is -2.11. The first kappa shape index (κ1) is 36.5. The van der Waals surface area contributed by atoms with Gasteiger partial charge in [-0.2, -0.15) is 0 Å². The van der Waals surface area contributed by atoms with Crippen LogP contribution in [0.1, 0.15) is 27.6 Å². The maximum absolute atomic E-state index is 12.1. The molecule has 0 amide bonds. The molecule has 11 heteroatoms. The number of fused-ring (bicyclic) bond motifs is 2. The average molecular weight is 773 g/mol. The van der Waals surface area contributed by atoms with E-state index in [1.54, 1.807) is 73.7 Å². The summed E-state index contributed by atoms with van der Waals surface area (Å²) < 4.78 is 4.89. The van der Waals surface area contributed by atoms with Gasteiger partial charge in [-0.3, -0.25) is 4.79 Å². The van der Waals surface area contributed by atoms with Crippen LogP contribution in [0.25, 0.3) is 89.9 Å². The molecule has 0 radical (unpaired) electrons. The van der Waals surface area contributed by atoms with Crippen molar-refractivity contribution >= 4 is 33.3 Å². The van der Waals surface area contributed by atoms with Gasteiger partial charge < -0.3 is 14.9 Å². The standard InChI is InChI=1S/C48H32N6O5/c1-27(55)30-15-16-32-24-35(20-17-31(32)23-30)44-49-42(51-46(53-44)38-7-3-5-9-40(38)56)28-11-13-29(14-12-28)43-50-45(54-47(52-43)39-8-4-6-10-41(39)57)36-21-18-34-26-37(48(58)59-2)22-19-33(34)25-36/h3-26,56-57H,1-2H3. The molecule has 0 saturated heterocycles. The number of esters is 1. The number of Topliss-reactive ketones (excluding diaryl/α,β-unsaturated/α-hetero) is 1. The number of aromatic nitrogens is 6. The molecular weight excluding hydrogens is 741 g/mol. The number of benzene rings is 7. The molecule has 284 valence electrons. The zero-order valence-electron chi connectivity index (χ0n) is 31.7. The maximum Gasteiger partial charge on any atom is 0.337 e. The van der Waals surface area contributed by atoms with E-state index >= 15 is 0 Å². The van der Waals surface area contributed by atoms with Crippen molar-refractivity contribution in [2.75, 3.05) is 7.11 Å². The number of aromatic hydroxyl groups is 2. The van der Waals surface area contributed by atoms with Crippen LogP contribution in [0.15, 0.2) is 146 Å². The molecule has 0 unspecified atom stereocenters. The van der Waals surface area contributed by atoms with Crippen molar-refractivity contribution in [2.24, 2.45) is 0 Å². The molecule has 0 aliphatic carbocycles. The molecule has 0 bridgehead atoms. The van der Waals surface area contributed by atoms with Crippen LogP contribution in [0.2, 0.25) is 0 Å². The quantitative estimate of drug-likeness (QED) is 0.112. The Labute approximate surface area is 337 Å². The third kappa shape index (κ3) is 7.20. The van der Waals surface area contributed by atoms with Crippen LogP contribution in [-0.4, -0.2) is 59.0 Å². The predicted molar refractivity (Wildman–Crippen MR) is 226 cm³/mol. The molecule has 0 fully saturated rings. The van der Waals surface area contributed by atoms with Gasteiger partial charge in [0.15, 0.2) is 40.7 Å². The summed E-state index contributed by atoms with van der Waals surface area (Å²) in [5.74, 6) is 1.76. The number of carbonyl (C=O) groups is 2. The fraction of sp³-hybridized carbons (Fsp3) is 0.0417. The van der Waals surface area contributed by atoms with E-state index < -0.39 is 5.97 Å². The molecule has 0 atom stereocenters.